The monoisotopic (exact) mass is 286 g/mol. The molecule has 0 aliphatic heterocycles. The molecule has 2 rings (SSSR count). The van der Waals surface area contributed by atoms with Crippen LogP contribution in [0.1, 0.15) is 18.2 Å². The minimum absolute atomic E-state index is 0.253. The van der Waals surface area contributed by atoms with E-state index in [2.05, 4.69) is 17.2 Å². The largest absolute Gasteiger partial charge is 0.312 e. The lowest BCUT2D eigenvalue weighted by molar-refractivity contribution is 0.447. The molecule has 0 saturated heterocycles. The van der Waals surface area contributed by atoms with E-state index in [0.717, 1.165) is 30.0 Å². The Morgan fingerprint density at radius 2 is 1.89 bits per heavy atom. The average molecular weight is 286 g/mol. The lowest BCUT2D eigenvalue weighted by Crippen LogP contribution is -2.12. The summed E-state index contributed by atoms with van der Waals surface area (Å²) in [5.74, 6) is -3.85. The first-order valence-corrected chi connectivity index (χ1v) is 6.73. The second-order valence-electron chi connectivity index (χ2n) is 4.06. The maximum Gasteiger partial charge on any atom is 0.194 e. The van der Waals surface area contributed by atoms with Crippen LogP contribution in [0.4, 0.5) is 13.2 Å². The summed E-state index contributed by atoms with van der Waals surface area (Å²) in [6.45, 7) is 3.62. The lowest BCUT2D eigenvalue weighted by atomic mass is 10.2. The van der Waals surface area contributed by atoms with Crippen LogP contribution in [0, 0.1) is 17.5 Å². The summed E-state index contributed by atoms with van der Waals surface area (Å²) in [5.41, 5.74) is 0.253. The fourth-order valence-electron chi connectivity index (χ4n) is 1.59. The van der Waals surface area contributed by atoms with E-state index in [0.29, 0.717) is 11.6 Å². The zero-order valence-corrected chi connectivity index (χ0v) is 11.2. The Hall–Kier alpha value is -1.40. The topological polar surface area (TPSA) is 24.9 Å². The average Bonchev–Trinajstić information content (AvgIpc) is 2.84. The molecule has 0 fully saturated rings. The third-order valence-corrected chi connectivity index (χ3v) is 3.56. The summed E-state index contributed by atoms with van der Waals surface area (Å²) in [6, 6.07) is 1.92. The summed E-state index contributed by atoms with van der Waals surface area (Å²) in [7, 11) is 0. The van der Waals surface area contributed by atoms with Crippen LogP contribution in [-0.4, -0.2) is 11.5 Å². The normalized spacial score (nSPS) is 10.9. The van der Waals surface area contributed by atoms with Gasteiger partial charge in [-0.25, -0.2) is 18.2 Å². The molecular formula is C13H13F3N2S. The molecule has 102 valence electrons. The number of halogens is 3. The van der Waals surface area contributed by atoms with Crippen LogP contribution in [0.15, 0.2) is 18.3 Å². The number of hydrogen-bond acceptors (Lipinski definition) is 3. The molecule has 0 aliphatic carbocycles. The molecule has 0 saturated carbocycles. The zero-order chi connectivity index (χ0) is 13.8. The molecule has 0 radical (unpaired) electrons. The van der Waals surface area contributed by atoms with Crippen LogP contribution in [0.2, 0.25) is 0 Å². The number of rotatable bonds is 5. The van der Waals surface area contributed by atoms with Gasteiger partial charge in [0, 0.05) is 23.2 Å². The highest BCUT2D eigenvalue weighted by Gasteiger charge is 2.13. The van der Waals surface area contributed by atoms with E-state index in [9.17, 15) is 13.2 Å². The summed E-state index contributed by atoms with van der Waals surface area (Å²) < 4.78 is 39.1. The predicted molar refractivity (Wildman–Crippen MR) is 69.4 cm³/mol. The first kappa shape index (κ1) is 14.0. The van der Waals surface area contributed by atoms with Gasteiger partial charge in [-0.3, -0.25) is 0 Å². The highest BCUT2D eigenvalue weighted by atomic mass is 32.1. The van der Waals surface area contributed by atoms with Crippen molar-refractivity contribution in [3.63, 3.8) is 0 Å². The van der Waals surface area contributed by atoms with Gasteiger partial charge >= 0.3 is 0 Å². The van der Waals surface area contributed by atoms with Crippen molar-refractivity contribution in [3.05, 3.63) is 40.7 Å². The molecule has 0 amide bonds. The van der Waals surface area contributed by atoms with Crippen molar-refractivity contribution >= 4 is 11.3 Å². The van der Waals surface area contributed by atoms with E-state index < -0.39 is 17.5 Å². The van der Waals surface area contributed by atoms with E-state index in [1.54, 1.807) is 6.20 Å². The molecule has 1 heterocycles. The van der Waals surface area contributed by atoms with E-state index >= 15 is 0 Å². The summed E-state index contributed by atoms with van der Waals surface area (Å²) >= 11 is 1.33. The second-order valence-corrected chi connectivity index (χ2v) is 5.18. The van der Waals surface area contributed by atoms with Gasteiger partial charge in [-0.2, -0.15) is 0 Å². The third-order valence-electron chi connectivity index (χ3n) is 2.51. The molecule has 0 atom stereocenters. The smallest absolute Gasteiger partial charge is 0.194 e. The Labute approximate surface area is 113 Å². The van der Waals surface area contributed by atoms with Crippen molar-refractivity contribution in [1.82, 2.24) is 10.3 Å². The van der Waals surface area contributed by atoms with Gasteiger partial charge in [0.1, 0.15) is 5.01 Å². The summed E-state index contributed by atoms with van der Waals surface area (Å²) in [4.78, 5) is 5.07. The van der Waals surface area contributed by atoms with Crippen molar-refractivity contribution in [3.8, 4) is 10.6 Å². The molecule has 2 nitrogen and oxygen atoms in total. The van der Waals surface area contributed by atoms with Gasteiger partial charge < -0.3 is 5.32 Å². The SMILES string of the molecule is CCCNCc1cnc(-c2cc(F)c(F)c(F)c2)s1. The Morgan fingerprint density at radius 3 is 2.53 bits per heavy atom. The Bertz CT molecular complexity index is 546. The molecule has 1 aromatic carbocycles. The molecule has 19 heavy (non-hydrogen) atoms. The van der Waals surface area contributed by atoms with E-state index in [1.807, 2.05) is 0 Å². The standard InChI is InChI=1S/C13H13F3N2S/c1-2-3-17-6-9-7-18-13(19-9)8-4-10(14)12(16)11(15)5-8/h4-5,7,17H,2-3,6H2,1H3. The van der Waals surface area contributed by atoms with Gasteiger partial charge in [0.25, 0.3) is 0 Å². The van der Waals surface area contributed by atoms with Crippen LogP contribution in [-0.2, 0) is 6.54 Å². The van der Waals surface area contributed by atoms with Gasteiger partial charge in [-0.1, -0.05) is 6.92 Å². The molecule has 6 heteroatoms. The molecule has 0 spiro atoms. The fourth-order valence-corrected chi connectivity index (χ4v) is 2.46. The summed E-state index contributed by atoms with van der Waals surface area (Å²) in [6.07, 6.45) is 2.68. The van der Waals surface area contributed by atoms with E-state index in [4.69, 9.17) is 0 Å². The number of nitrogens with one attached hydrogen (secondary N) is 1. The molecule has 0 bridgehead atoms. The van der Waals surface area contributed by atoms with Crippen molar-refractivity contribution < 1.29 is 13.2 Å². The number of nitrogens with zero attached hydrogens (tertiary/aromatic N) is 1. The number of thiazole rings is 1. The lowest BCUT2D eigenvalue weighted by Gasteiger charge is -2.00. The first-order chi connectivity index (χ1) is 9.11. The number of benzene rings is 1. The van der Waals surface area contributed by atoms with Gasteiger partial charge in [-0.15, -0.1) is 11.3 Å². The Kier molecular flexibility index (Phi) is 4.55. The summed E-state index contributed by atoms with van der Waals surface area (Å²) in [5, 5.41) is 3.69. The number of aromatic nitrogens is 1. The molecular weight excluding hydrogens is 273 g/mol. The number of hydrogen-bond donors (Lipinski definition) is 1. The van der Waals surface area contributed by atoms with E-state index in [1.165, 1.54) is 11.3 Å². The van der Waals surface area contributed by atoms with Gasteiger partial charge in [-0.05, 0) is 25.1 Å². The molecule has 2 aromatic rings. The quantitative estimate of drug-likeness (QED) is 0.669. The van der Waals surface area contributed by atoms with Crippen molar-refractivity contribution in [2.45, 2.75) is 19.9 Å². The molecule has 1 aromatic heterocycles. The second kappa shape index (κ2) is 6.16. The van der Waals surface area contributed by atoms with Crippen LogP contribution in [0.5, 0.6) is 0 Å². The van der Waals surface area contributed by atoms with Crippen molar-refractivity contribution in [2.24, 2.45) is 0 Å². The third kappa shape index (κ3) is 3.33. The molecule has 0 aliphatic rings. The maximum absolute atomic E-state index is 13.1. The van der Waals surface area contributed by atoms with Gasteiger partial charge in [0.2, 0.25) is 0 Å². The molecule has 1 N–H and O–H groups in total. The van der Waals surface area contributed by atoms with Crippen molar-refractivity contribution in [1.29, 1.82) is 0 Å². The first-order valence-electron chi connectivity index (χ1n) is 5.92. The zero-order valence-electron chi connectivity index (χ0n) is 10.3. The van der Waals surface area contributed by atoms with E-state index in [-0.39, 0.29) is 5.56 Å². The van der Waals surface area contributed by atoms with Crippen LogP contribution >= 0.6 is 11.3 Å². The minimum atomic E-state index is -1.45. The van der Waals surface area contributed by atoms with Crippen LogP contribution in [0.25, 0.3) is 10.6 Å². The van der Waals surface area contributed by atoms with Crippen LogP contribution in [0.3, 0.4) is 0 Å². The van der Waals surface area contributed by atoms with Gasteiger partial charge in [0.15, 0.2) is 17.5 Å². The molecule has 0 unspecified atom stereocenters. The van der Waals surface area contributed by atoms with Crippen LogP contribution < -0.4 is 5.32 Å². The Balaban J connectivity index is 2.18. The Morgan fingerprint density at radius 1 is 1.21 bits per heavy atom. The van der Waals surface area contributed by atoms with Crippen molar-refractivity contribution in [2.75, 3.05) is 6.54 Å². The highest BCUT2D eigenvalue weighted by molar-refractivity contribution is 7.15. The highest BCUT2D eigenvalue weighted by Crippen LogP contribution is 2.27. The predicted octanol–water partition coefficient (Wildman–Crippen LogP) is 3.73. The fraction of sp³-hybridized carbons (Fsp3) is 0.308. The van der Waals surface area contributed by atoms with Gasteiger partial charge in [0.05, 0.1) is 0 Å². The minimum Gasteiger partial charge on any atom is -0.312 e. The maximum atomic E-state index is 13.1.